The van der Waals surface area contributed by atoms with Gasteiger partial charge in [0.25, 0.3) is 0 Å². The van der Waals surface area contributed by atoms with Gasteiger partial charge in [0.1, 0.15) is 0 Å². The van der Waals surface area contributed by atoms with Crippen LogP contribution in [0.25, 0.3) is 0 Å². The van der Waals surface area contributed by atoms with Crippen molar-refractivity contribution in [1.29, 1.82) is 0 Å². The van der Waals surface area contributed by atoms with Gasteiger partial charge < -0.3 is 10.1 Å². The normalized spacial score (nSPS) is 30.9. The molecule has 1 N–H and O–H groups in total. The van der Waals surface area contributed by atoms with Gasteiger partial charge in [0.05, 0.1) is 6.10 Å². The smallest absolute Gasteiger partial charge is 0.0685 e. The standard InChI is InChI=1S/C16H21Cl2NO/c1-16(2)14(12-6-8-20-15(12)16)19-7-5-10-3-4-11(17)9-13(10)18/h3-4,9,12,14-15,19H,5-8H2,1-2H3. The second-order valence-corrected chi connectivity index (χ2v) is 7.33. The highest BCUT2D eigenvalue weighted by Gasteiger charge is 2.58. The van der Waals surface area contributed by atoms with E-state index in [0.717, 1.165) is 30.2 Å². The first-order chi connectivity index (χ1) is 9.50. The Bertz CT molecular complexity index is 503. The summed E-state index contributed by atoms with van der Waals surface area (Å²) in [6, 6.07) is 6.28. The minimum absolute atomic E-state index is 0.241. The van der Waals surface area contributed by atoms with Crippen molar-refractivity contribution >= 4 is 23.2 Å². The average Bonchev–Trinajstić information content (AvgIpc) is 2.83. The molecule has 3 atom stereocenters. The molecule has 3 rings (SSSR count). The van der Waals surface area contributed by atoms with Gasteiger partial charge in [-0.05, 0) is 37.1 Å². The van der Waals surface area contributed by atoms with Gasteiger partial charge in [0.2, 0.25) is 0 Å². The predicted octanol–water partition coefficient (Wildman–Crippen LogP) is 3.94. The number of nitrogens with one attached hydrogen (secondary N) is 1. The Balaban J connectivity index is 1.55. The lowest BCUT2D eigenvalue weighted by Crippen LogP contribution is -2.66. The molecule has 0 bridgehead atoms. The van der Waals surface area contributed by atoms with Crippen LogP contribution in [-0.4, -0.2) is 25.3 Å². The average molecular weight is 314 g/mol. The fourth-order valence-corrected chi connectivity index (χ4v) is 4.33. The van der Waals surface area contributed by atoms with Crippen LogP contribution in [0.3, 0.4) is 0 Å². The number of hydrogen-bond donors (Lipinski definition) is 1. The summed E-state index contributed by atoms with van der Waals surface area (Å²) in [4.78, 5) is 0. The van der Waals surface area contributed by atoms with Crippen molar-refractivity contribution < 1.29 is 4.74 Å². The van der Waals surface area contributed by atoms with E-state index in [9.17, 15) is 0 Å². The number of rotatable bonds is 4. The van der Waals surface area contributed by atoms with Crippen molar-refractivity contribution in [2.24, 2.45) is 11.3 Å². The van der Waals surface area contributed by atoms with Gasteiger partial charge in [-0.25, -0.2) is 0 Å². The third-order valence-corrected chi connectivity index (χ3v) is 5.46. The van der Waals surface area contributed by atoms with E-state index in [2.05, 4.69) is 19.2 Å². The molecule has 3 unspecified atom stereocenters. The monoisotopic (exact) mass is 313 g/mol. The van der Waals surface area contributed by atoms with E-state index in [4.69, 9.17) is 27.9 Å². The molecule has 1 aromatic rings. The molecule has 110 valence electrons. The lowest BCUT2D eigenvalue weighted by atomic mass is 9.57. The number of halogens is 2. The fourth-order valence-electron chi connectivity index (χ4n) is 3.83. The zero-order chi connectivity index (χ0) is 14.3. The van der Waals surface area contributed by atoms with E-state index in [1.807, 2.05) is 18.2 Å². The minimum Gasteiger partial charge on any atom is -0.377 e. The van der Waals surface area contributed by atoms with Crippen LogP contribution >= 0.6 is 23.2 Å². The zero-order valence-electron chi connectivity index (χ0n) is 12.0. The van der Waals surface area contributed by atoms with E-state index >= 15 is 0 Å². The number of benzene rings is 1. The van der Waals surface area contributed by atoms with Gasteiger partial charge in [-0.2, -0.15) is 0 Å². The Morgan fingerprint density at radius 3 is 2.90 bits per heavy atom. The minimum atomic E-state index is 0.241. The maximum Gasteiger partial charge on any atom is 0.0685 e. The lowest BCUT2D eigenvalue weighted by Gasteiger charge is -2.55. The Labute approximate surface area is 130 Å². The summed E-state index contributed by atoms with van der Waals surface area (Å²) < 4.78 is 5.82. The van der Waals surface area contributed by atoms with Gasteiger partial charge in [0.15, 0.2) is 0 Å². The van der Waals surface area contributed by atoms with Crippen molar-refractivity contribution in [3.05, 3.63) is 33.8 Å². The highest BCUT2D eigenvalue weighted by Crippen LogP contribution is 2.52. The van der Waals surface area contributed by atoms with Gasteiger partial charge in [-0.1, -0.05) is 43.1 Å². The SMILES string of the molecule is CC1(C)C(NCCc2ccc(Cl)cc2Cl)C2CCOC21. The molecular formula is C16H21Cl2NO. The van der Waals surface area contributed by atoms with Crippen LogP contribution in [0.5, 0.6) is 0 Å². The molecule has 1 saturated heterocycles. The van der Waals surface area contributed by atoms with Crippen LogP contribution in [-0.2, 0) is 11.2 Å². The largest absolute Gasteiger partial charge is 0.377 e. The summed E-state index contributed by atoms with van der Waals surface area (Å²) in [5.41, 5.74) is 1.39. The molecule has 1 saturated carbocycles. The first-order valence-electron chi connectivity index (χ1n) is 7.29. The Hall–Kier alpha value is -0.280. The molecule has 2 fully saturated rings. The molecular weight excluding hydrogens is 293 g/mol. The third kappa shape index (κ3) is 2.48. The van der Waals surface area contributed by atoms with E-state index < -0.39 is 0 Å². The Kier molecular flexibility index (Phi) is 4.02. The summed E-state index contributed by atoms with van der Waals surface area (Å²) in [6.07, 6.45) is 2.56. The van der Waals surface area contributed by atoms with E-state index in [-0.39, 0.29) is 5.41 Å². The molecule has 20 heavy (non-hydrogen) atoms. The third-order valence-electron chi connectivity index (χ3n) is 4.87. The maximum atomic E-state index is 6.21. The Morgan fingerprint density at radius 1 is 1.35 bits per heavy atom. The summed E-state index contributed by atoms with van der Waals surface area (Å²) in [5.74, 6) is 0.686. The molecule has 0 aromatic heterocycles. The summed E-state index contributed by atoms with van der Waals surface area (Å²) in [5, 5.41) is 5.15. The fraction of sp³-hybridized carbons (Fsp3) is 0.625. The molecule has 1 aliphatic heterocycles. The summed E-state index contributed by atoms with van der Waals surface area (Å²) >= 11 is 12.1. The molecule has 1 aromatic carbocycles. The predicted molar refractivity (Wildman–Crippen MR) is 83.6 cm³/mol. The van der Waals surface area contributed by atoms with Crippen molar-refractivity contribution in [1.82, 2.24) is 5.32 Å². The molecule has 1 aliphatic carbocycles. The van der Waals surface area contributed by atoms with E-state index in [1.54, 1.807) is 0 Å². The number of hydrogen-bond acceptors (Lipinski definition) is 2. The molecule has 1 heterocycles. The van der Waals surface area contributed by atoms with E-state index in [0.29, 0.717) is 23.1 Å². The quantitative estimate of drug-likeness (QED) is 0.909. The van der Waals surface area contributed by atoms with E-state index in [1.165, 1.54) is 6.42 Å². The van der Waals surface area contributed by atoms with Crippen molar-refractivity contribution in [2.45, 2.75) is 38.8 Å². The maximum absolute atomic E-state index is 6.21. The van der Waals surface area contributed by atoms with Crippen LogP contribution in [0, 0.1) is 11.3 Å². The lowest BCUT2D eigenvalue weighted by molar-refractivity contribution is -0.112. The number of ether oxygens (including phenoxy) is 1. The first kappa shape index (κ1) is 14.6. The van der Waals surface area contributed by atoms with Crippen molar-refractivity contribution in [3.63, 3.8) is 0 Å². The molecule has 0 amide bonds. The van der Waals surface area contributed by atoms with Gasteiger partial charge in [-0.15, -0.1) is 0 Å². The van der Waals surface area contributed by atoms with Gasteiger partial charge >= 0.3 is 0 Å². The highest BCUT2D eigenvalue weighted by atomic mass is 35.5. The molecule has 0 radical (unpaired) electrons. The van der Waals surface area contributed by atoms with Gasteiger partial charge in [-0.3, -0.25) is 0 Å². The molecule has 4 heteroatoms. The summed E-state index contributed by atoms with van der Waals surface area (Å²) in [6.45, 7) is 6.46. The van der Waals surface area contributed by atoms with Crippen LogP contribution in [0.1, 0.15) is 25.8 Å². The Morgan fingerprint density at radius 2 is 2.15 bits per heavy atom. The van der Waals surface area contributed by atoms with Crippen LogP contribution < -0.4 is 5.32 Å². The van der Waals surface area contributed by atoms with Gasteiger partial charge in [0, 0.05) is 34.0 Å². The van der Waals surface area contributed by atoms with Crippen LogP contribution in [0.4, 0.5) is 0 Å². The summed E-state index contributed by atoms with van der Waals surface area (Å²) in [7, 11) is 0. The highest BCUT2D eigenvalue weighted by molar-refractivity contribution is 6.35. The zero-order valence-corrected chi connectivity index (χ0v) is 13.5. The molecule has 2 aliphatic rings. The molecule has 0 spiro atoms. The van der Waals surface area contributed by atoms with Crippen molar-refractivity contribution in [2.75, 3.05) is 13.2 Å². The topological polar surface area (TPSA) is 21.3 Å². The van der Waals surface area contributed by atoms with Crippen LogP contribution in [0.2, 0.25) is 10.0 Å². The first-order valence-corrected chi connectivity index (χ1v) is 8.04. The van der Waals surface area contributed by atoms with Crippen molar-refractivity contribution in [3.8, 4) is 0 Å². The van der Waals surface area contributed by atoms with Crippen LogP contribution in [0.15, 0.2) is 18.2 Å². The second-order valence-electron chi connectivity index (χ2n) is 6.48. The second kappa shape index (κ2) is 5.49. The molecule has 2 nitrogen and oxygen atoms in total. The number of fused-ring (bicyclic) bond motifs is 1.